The fourth-order valence-corrected chi connectivity index (χ4v) is 2.88. The van der Waals surface area contributed by atoms with Crippen LogP contribution in [0.5, 0.6) is 0 Å². The average molecular weight is 281 g/mol. The lowest BCUT2D eigenvalue weighted by molar-refractivity contribution is -0.157. The number of carbonyl (C=O) groups excluding carboxylic acids is 2. The molecule has 19 heavy (non-hydrogen) atoms. The Balaban J connectivity index is 2.32. The molecule has 0 aromatic carbocycles. The lowest BCUT2D eigenvalue weighted by atomic mass is 9.90. The summed E-state index contributed by atoms with van der Waals surface area (Å²) in [6.45, 7) is 6.05. The van der Waals surface area contributed by atoms with E-state index < -0.39 is 11.6 Å². The van der Waals surface area contributed by atoms with Gasteiger partial charge in [-0.25, -0.2) is 4.98 Å². The second kappa shape index (κ2) is 5.28. The number of amides is 2. The van der Waals surface area contributed by atoms with Gasteiger partial charge in [0.15, 0.2) is 0 Å². The fourth-order valence-electron chi connectivity index (χ4n) is 2.28. The van der Waals surface area contributed by atoms with Crippen LogP contribution in [0.15, 0.2) is 11.6 Å². The average Bonchev–Trinajstić information content (AvgIpc) is 2.92. The molecule has 6 heteroatoms. The maximum Gasteiger partial charge on any atom is 0.246 e. The SMILES string of the molecule is CCC1NC(=O)C(C)(CC)N(Cc2nccs2)C1=O. The topological polar surface area (TPSA) is 62.3 Å². The van der Waals surface area contributed by atoms with Crippen LogP contribution in [0, 0.1) is 0 Å². The maximum absolute atomic E-state index is 12.5. The Labute approximate surface area is 117 Å². The lowest BCUT2D eigenvalue weighted by Crippen LogP contribution is -2.68. The van der Waals surface area contributed by atoms with Crippen molar-refractivity contribution in [2.75, 3.05) is 0 Å². The lowest BCUT2D eigenvalue weighted by Gasteiger charge is -2.45. The van der Waals surface area contributed by atoms with E-state index in [-0.39, 0.29) is 11.8 Å². The number of piperazine rings is 1. The molecule has 1 N–H and O–H groups in total. The van der Waals surface area contributed by atoms with Crippen molar-refractivity contribution in [3.05, 3.63) is 16.6 Å². The van der Waals surface area contributed by atoms with E-state index in [4.69, 9.17) is 0 Å². The van der Waals surface area contributed by atoms with E-state index in [1.807, 2.05) is 26.2 Å². The number of nitrogens with zero attached hydrogens (tertiary/aromatic N) is 2. The van der Waals surface area contributed by atoms with Crippen molar-refractivity contribution in [1.29, 1.82) is 0 Å². The highest BCUT2D eigenvalue weighted by Gasteiger charge is 2.47. The van der Waals surface area contributed by atoms with Crippen LogP contribution < -0.4 is 5.32 Å². The van der Waals surface area contributed by atoms with Crippen LogP contribution in [-0.2, 0) is 16.1 Å². The van der Waals surface area contributed by atoms with E-state index in [2.05, 4.69) is 10.3 Å². The van der Waals surface area contributed by atoms with Crippen LogP contribution in [0.4, 0.5) is 0 Å². The Morgan fingerprint density at radius 2 is 2.21 bits per heavy atom. The first-order valence-electron chi connectivity index (χ1n) is 6.53. The second-order valence-electron chi connectivity index (χ2n) is 4.91. The van der Waals surface area contributed by atoms with Gasteiger partial charge in [0.2, 0.25) is 11.8 Å². The van der Waals surface area contributed by atoms with E-state index in [0.717, 1.165) is 5.01 Å². The van der Waals surface area contributed by atoms with Crippen molar-refractivity contribution in [3.63, 3.8) is 0 Å². The monoisotopic (exact) mass is 281 g/mol. The molecule has 1 aliphatic rings. The minimum atomic E-state index is -0.783. The van der Waals surface area contributed by atoms with Crippen molar-refractivity contribution in [3.8, 4) is 0 Å². The Kier molecular flexibility index (Phi) is 3.89. The zero-order valence-corrected chi connectivity index (χ0v) is 12.3. The van der Waals surface area contributed by atoms with Gasteiger partial charge < -0.3 is 10.2 Å². The Morgan fingerprint density at radius 3 is 2.74 bits per heavy atom. The summed E-state index contributed by atoms with van der Waals surface area (Å²) in [6.07, 6.45) is 2.92. The number of rotatable bonds is 4. The standard InChI is InChI=1S/C13H19N3O2S/c1-4-9-11(17)16(8-10-14-6-7-19-10)13(3,5-2)12(18)15-9/h6-7,9H,4-5,8H2,1-3H3,(H,15,18). The normalized spacial score (nSPS) is 27.5. The van der Waals surface area contributed by atoms with E-state index in [1.165, 1.54) is 11.3 Å². The van der Waals surface area contributed by atoms with E-state index in [0.29, 0.717) is 19.4 Å². The molecule has 2 unspecified atom stereocenters. The summed E-state index contributed by atoms with van der Waals surface area (Å²) >= 11 is 1.50. The summed E-state index contributed by atoms with van der Waals surface area (Å²) in [4.78, 5) is 30.7. The zero-order chi connectivity index (χ0) is 14.0. The first-order chi connectivity index (χ1) is 9.02. The predicted molar refractivity (Wildman–Crippen MR) is 73.6 cm³/mol. The van der Waals surface area contributed by atoms with Crippen LogP contribution in [0.25, 0.3) is 0 Å². The number of hydrogen-bond donors (Lipinski definition) is 1. The van der Waals surface area contributed by atoms with Gasteiger partial charge in [-0.3, -0.25) is 9.59 Å². The molecule has 0 saturated carbocycles. The van der Waals surface area contributed by atoms with Crippen LogP contribution in [0.2, 0.25) is 0 Å². The molecule has 2 heterocycles. The molecule has 5 nitrogen and oxygen atoms in total. The Morgan fingerprint density at radius 1 is 1.47 bits per heavy atom. The molecule has 2 atom stereocenters. The van der Waals surface area contributed by atoms with Crippen molar-refractivity contribution in [2.24, 2.45) is 0 Å². The van der Waals surface area contributed by atoms with Gasteiger partial charge in [-0.05, 0) is 19.8 Å². The van der Waals surface area contributed by atoms with Gasteiger partial charge in [0.25, 0.3) is 0 Å². The molecule has 1 aromatic rings. The number of nitrogens with one attached hydrogen (secondary N) is 1. The highest BCUT2D eigenvalue weighted by Crippen LogP contribution is 2.28. The van der Waals surface area contributed by atoms with Crippen molar-refractivity contribution >= 4 is 23.2 Å². The third kappa shape index (κ3) is 2.36. The number of aromatic nitrogens is 1. The molecule has 0 aliphatic carbocycles. The van der Waals surface area contributed by atoms with Crippen LogP contribution in [0.3, 0.4) is 0 Å². The van der Waals surface area contributed by atoms with Gasteiger partial charge in [-0.15, -0.1) is 11.3 Å². The Hall–Kier alpha value is -1.43. The zero-order valence-electron chi connectivity index (χ0n) is 11.5. The largest absolute Gasteiger partial charge is 0.342 e. The highest BCUT2D eigenvalue weighted by atomic mass is 32.1. The Bertz CT molecular complexity index is 474. The van der Waals surface area contributed by atoms with Crippen LogP contribution in [-0.4, -0.2) is 33.3 Å². The van der Waals surface area contributed by atoms with Crippen LogP contribution in [0.1, 0.15) is 38.6 Å². The van der Waals surface area contributed by atoms with E-state index in [1.54, 1.807) is 11.1 Å². The third-order valence-corrected chi connectivity index (χ3v) is 4.59. The van der Waals surface area contributed by atoms with E-state index >= 15 is 0 Å². The molecule has 1 saturated heterocycles. The number of hydrogen-bond acceptors (Lipinski definition) is 4. The van der Waals surface area contributed by atoms with Gasteiger partial charge >= 0.3 is 0 Å². The molecular formula is C13H19N3O2S. The quantitative estimate of drug-likeness (QED) is 0.911. The molecule has 0 radical (unpaired) electrons. The second-order valence-corrected chi connectivity index (χ2v) is 5.89. The maximum atomic E-state index is 12.5. The smallest absolute Gasteiger partial charge is 0.246 e. The minimum Gasteiger partial charge on any atom is -0.342 e. The molecule has 1 aromatic heterocycles. The number of carbonyl (C=O) groups is 2. The van der Waals surface area contributed by atoms with Gasteiger partial charge in [0.1, 0.15) is 16.6 Å². The fraction of sp³-hybridized carbons (Fsp3) is 0.615. The molecule has 104 valence electrons. The molecular weight excluding hydrogens is 262 g/mol. The summed E-state index contributed by atoms with van der Waals surface area (Å²) in [5.41, 5.74) is -0.783. The highest BCUT2D eigenvalue weighted by molar-refractivity contribution is 7.09. The molecule has 2 amide bonds. The summed E-state index contributed by atoms with van der Waals surface area (Å²) in [6, 6.07) is -0.410. The van der Waals surface area contributed by atoms with Gasteiger partial charge in [0, 0.05) is 11.6 Å². The minimum absolute atomic E-state index is 0.0124. The number of thiazole rings is 1. The first-order valence-corrected chi connectivity index (χ1v) is 7.41. The van der Waals surface area contributed by atoms with Crippen LogP contribution >= 0.6 is 11.3 Å². The van der Waals surface area contributed by atoms with Crippen molar-refractivity contribution in [2.45, 2.75) is 51.7 Å². The van der Waals surface area contributed by atoms with Crippen molar-refractivity contribution in [1.82, 2.24) is 15.2 Å². The molecule has 0 bridgehead atoms. The van der Waals surface area contributed by atoms with Gasteiger partial charge in [-0.1, -0.05) is 13.8 Å². The van der Waals surface area contributed by atoms with Gasteiger partial charge in [0.05, 0.1) is 6.54 Å². The first kappa shape index (κ1) is 14.0. The molecule has 1 fully saturated rings. The summed E-state index contributed by atoms with van der Waals surface area (Å²) < 4.78 is 0. The van der Waals surface area contributed by atoms with Crippen molar-refractivity contribution < 1.29 is 9.59 Å². The summed E-state index contributed by atoms with van der Waals surface area (Å²) in [5.74, 6) is -0.0837. The molecule has 2 rings (SSSR count). The van der Waals surface area contributed by atoms with Gasteiger partial charge in [-0.2, -0.15) is 0 Å². The summed E-state index contributed by atoms with van der Waals surface area (Å²) in [5, 5.41) is 5.56. The third-order valence-electron chi connectivity index (χ3n) is 3.83. The molecule has 1 aliphatic heterocycles. The van der Waals surface area contributed by atoms with E-state index in [9.17, 15) is 9.59 Å². The summed E-state index contributed by atoms with van der Waals surface area (Å²) in [7, 11) is 0. The molecule has 0 spiro atoms. The predicted octanol–water partition coefficient (Wildman–Crippen LogP) is 1.55.